The van der Waals surface area contributed by atoms with Gasteiger partial charge in [0.25, 0.3) is 0 Å². The summed E-state index contributed by atoms with van der Waals surface area (Å²) < 4.78 is 5.52. The lowest BCUT2D eigenvalue weighted by molar-refractivity contribution is 0.188. The summed E-state index contributed by atoms with van der Waals surface area (Å²) in [6.07, 6.45) is 3.41. The molecule has 1 aliphatic rings. The molecule has 1 heterocycles. The van der Waals surface area contributed by atoms with Gasteiger partial charge in [-0.1, -0.05) is 25.5 Å². The number of aliphatic hydroxyl groups excluding tert-OH is 1. The van der Waals surface area contributed by atoms with Gasteiger partial charge in [-0.15, -0.1) is 0 Å². The van der Waals surface area contributed by atoms with Crippen LogP contribution in [0.1, 0.15) is 30.9 Å². The van der Waals surface area contributed by atoms with Crippen molar-refractivity contribution in [2.45, 2.75) is 32.7 Å². The lowest BCUT2D eigenvalue weighted by atomic mass is 10.1. The molecule has 18 heavy (non-hydrogen) atoms. The number of hydrogen-bond acceptors (Lipinski definition) is 3. The van der Waals surface area contributed by atoms with Crippen LogP contribution in [0.2, 0.25) is 0 Å². The van der Waals surface area contributed by atoms with Gasteiger partial charge in [0.05, 0.1) is 13.2 Å². The van der Waals surface area contributed by atoms with E-state index in [1.54, 1.807) is 0 Å². The van der Waals surface area contributed by atoms with E-state index in [4.69, 9.17) is 9.84 Å². The lowest BCUT2D eigenvalue weighted by Gasteiger charge is -2.21. The van der Waals surface area contributed by atoms with Crippen molar-refractivity contribution in [3.05, 3.63) is 29.3 Å². The number of aliphatic hydroxyl groups is 1. The van der Waals surface area contributed by atoms with Crippen molar-refractivity contribution in [3.63, 3.8) is 0 Å². The molecule has 1 N–H and O–H groups in total. The minimum absolute atomic E-state index is 0.234. The number of rotatable bonds is 7. The molecule has 1 aromatic carbocycles. The third kappa shape index (κ3) is 3.47. The number of hydrogen-bond donors (Lipinski definition) is 1. The van der Waals surface area contributed by atoms with Crippen molar-refractivity contribution < 1.29 is 9.84 Å². The van der Waals surface area contributed by atoms with Crippen LogP contribution >= 0.6 is 0 Å². The largest absolute Gasteiger partial charge is 0.493 e. The SMILES string of the molecule is CCCCN(CCO)Cc1ccc2c(c1)CCO2. The highest BCUT2D eigenvalue weighted by Crippen LogP contribution is 2.26. The number of benzene rings is 1. The number of fused-ring (bicyclic) bond motifs is 1. The average molecular weight is 249 g/mol. The Bertz CT molecular complexity index is 379. The van der Waals surface area contributed by atoms with E-state index in [2.05, 4.69) is 30.0 Å². The fourth-order valence-electron chi connectivity index (χ4n) is 2.39. The van der Waals surface area contributed by atoms with E-state index < -0.39 is 0 Å². The van der Waals surface area contributed by atoms with E-state index in [0.717, 1.165) is 38.4 Å². The highest BCUT2D eigenvalue weighted by atomic mass is 16.5. The molecule has 0 aromatic heterocycles. The van der Waals surface area contributed by atoms with Crippen LogP contribution < -0.4 is 4.74 Å². The molecule has 0 atom stereocenters. The van der Waals surface area contributed by atoms with E-state index in [0.29, 0.717) is 0 Å². The predicted octanol–water partition coefficient (Wildman–Crippen LogP) is 2.22. The van der Waals surface area contributed by atoms with E-state index in [1.165, 1.54) is 24.0 Å². The van der Waals surface area contributed by atoms with Gasteiger partial charge in [-0.05, 0) is 30.2 Å². The molecule has 0 saturated heterocycles. The van der Waals surface area contributed by atoms with Crippen molar-refractivity contribution >= 4 is 0 Å². The molecular formula is C15H23NO2. The van der Waals surface area contributed by atoms with Gasteiger partial charge >= 0.3 is 0 Å². The zero-order chi connectivity index (χ0) is 12.8. The van der Waals surface area contributed by atoms with E-state index in [9.17, 15) is 0 Å². The van der Waals surface area contributed by atoms with Crippen molar-refractivity contribution in [1.29, 1.82) is 0 Å². The summed E-state index contributed by atoms with van der Waals surface area (Å²) in [6, 6.07) is 6.47. The maximum absolute atomic E-state index is 9.11. The number of ether oxygens (including phenoxy) is 1. The molecule has 3 heteroatoms. The molecule has 3 nitrogen and oxygen atoms in total. The minimum Gasteiger partial charge on any atom is -0.493 e. The molecule has 0 amide bonds. The van der Waals surface area contributed by atoms with Gasteiger partial charge in [0.1, 0.15) is 5.75 Å². The summed E-state index contributed by atoms with van der Waals surface area (Å²) in [5.74, 6) is 1.04. The Labute approximate surface area is 109 Å². The summed E-state index contributed by atoms with van der Waals surface area (Å²) in [5.41, 5.74) is 2.65. The Morgan fingerprint density at radius 1 is 1.33 bits per heavy atom. The maximum Gasteiger partial charge on any atom is 0.122 e. The van der Waals surface area contributed by atoms with Crippen LogP contribution in [-0.4, -0.2) is 36.3 Å². The third-order valence-electron chi connectivity index (χ3n) is 3.40. The quantitative estimate of drug-likeness (QED) is 0.804. The van der Waals surface area contributed by atoms with Gasteiger partial charge in [0.2, 0.25) is 0 Å². The molecule has 100 valence electrons. The summed E-state index contributed by atoms with van der Waals surface area (Å²) in [6.45, 7) is 5.99. The second-order valence-corrected chi connectivity index (χ2v) is 4.89. The number of unbranched alkanes of at least 4 members (excludes halogenated alkanes) is 1. The highest BCUT2D eigenvalue weighted by molar-refractivity contribution is 5.39. The smallest absolute Gasteiger partial charge is 0.122 e. The van der Waals surface area contributed by atoms with Crippen LogP contribution in [0.3, 0.4) is 0 Å². The standard InChI is InChI=1S/C15H23NO2/c1-2-3-7-16(8-9-17)12-13-4-5-15-14(11-13)6-10-18-15/h4-5,11,17H,2-3,6-10,12H2,1H3. The molecule has 0 saturated carbocycles. The van der Waals surface area contributed by atoms with Crippen molar-refractivity contribution in [1.82, 2.24) is 4.90 Å². The molecule has 2 rings (SSSR count). The number of nitrogens with zero attached hydrogens (tertiary/aromatic N) is 1. The van der Waals surface area contributed by atoms with Gasteiger partial charge < -0.3 is 9.84 Å². The van der Waals surface area contributed by atoms with E-state index in [-0.39, 0.29) is 6.61 Å². The van der Waals surface area contributed by atoms with Crippen LogP contribution in [0, 0.1) is 0 Å². The monoisotopic (exact) mass is 249 g/mol. The first kappa shape index (κ1) is 13.4. The zero-order valence-electron chi connectivity index (χ0n) is 11.2. The molecule has 1 aromatic rings. The van der Waals surface area contributed by atoms with Gasteiger partial charge in [-0.2, -0.15) is 0 Å². The second kappa shape index (κ2) is 6.76. The van der Waals surface area contributed by atoms with Crippen LogP contribution in [0.25, 0.3) is 0 Å². The van der Waals surface area contributed by atoms with E-state index >= 15 is 0 Å². The molecule has 0 unspecified atom stereocenters. The Balaban J connectivity index is 1.97. The summed E-state index contributed by atoms with van der Waals surface area (Å²) >= 11 is 0. The molecule has 0 bridgehead atoms. The summed E-state index contributed by atoms with van der Waals surface area (Å²) in [5, 5.41) is 9.11. The Morgan fingerprint density at radius 2 is 2.22 bits per heavy atom. The Morgan fingerprint density at radius 3 is 3.00 bits per heavy atom. The van der Waals surface area contributed by atoms with Crippen LogP contribution in [0.15, 0.2) is 18.2 Å². The summed E-state index contributed by atoms with van der Waals surface area (Å²) in [4.78, 5) is 2.32. The normalized spacial score (nSPS) is 13.7. The topological polar surface area (TPSA) is 32.7 Å². The minimum atomic E-state index is 0.234. The fraction of sp³-hybridized carbons (Fsp3) is 0.600. The first-order valence-electron chi connectivity index (χ1n) is 6.91. The Kier molecular flexibility index (Phi) is 5.02. The average Bonchev–Trinajstić information content (AvgIpc) is 2.83. The zero-order valence-corrected chi connectivity index (χ0v) is 11.2. The molecule has 1 aliphatic heterocycles. The first-order valence-corrected chi connectivity index (χ1v) is 6.91. The van der Waals surface area contributed by atoms with Crippen LogP contribution in [0.5, 0.6) is 5.75 Å². The van der Waals surface area contributed by atoms with Crippen molar-refractivity contribution in [3.8, 4) is 5.75 Å². The van der Waals surface area contributed by atoms with E-state index in [1.807, 2.05) is 0 Å². The van der Waals surface area contributed by atoms with Crippen molar-refractivity contribution in [2.24, 2.45) is 0 Å². The first-order chi connectivity index (χ1) is 8.83. The fourth-order valence-corrected chi connectivity index (χ4v) is 2.39. The van der Waals surface area contributed by atoms with Gasteiger partial charge in [0.15, 0.2) is 0 Å². The highest BCUT2D eigenvalue weighted by Gasteiger charge is 2.13. The van der Waals surface area contributed by atoms with Gasteiger partial charge in [-0.3, -0.25) is 4.90 Å². The predicted molar refractivity (Wildman–Crippen MR) is 72.9 cm³/mol. The van der Waals surface area contributed by atoms with Crippen LogP contribution in [0.4, 0.5) is 0 Å². The molecule has 0 aliphatic carbocycles. The molecule has 0 fully saturated rings. The van der Waals surface area contributed by atoms with Gasteiger partial charge in [-0.25, -0.2) is 0 Å². The maximum atomic E-state index is 9.11. The molecular weight excluding hydrogens is 226 g/mol. The second-order valence-electron chi connectivity index (χ2n) is 4.89. The molecule has 0 spiro atoms. The Hall–Kier alpha value is -1.06. The summed E-state index contributed by atoms with van der Waals surface area (Å²) in [7, 11) is 0. The lowest BCUT2D eigenvalue weighted by Crippen LogP contribution is -2.27. The molecule has 0 radical (unpaired) electrons. The van der Waals surface area contributed by atoms with Crippen LogP contribution in [-0.2, 0) is 13.0 Å². The third-order valence-corrected chi connectivity index (χ3v) is 3.40. The van der Waals surface area contributed by atoms with Gasteiger partial charge in [0, 0.05) is 19.5 Å². The van der Waals surface area contributed by atoms with Crippen molar-refractivity contribution in [2.75, 3.05) is 26.3 Å².